The van der Waals surface area contributed by atoms with Crippen LogP contribution in [0.25, 0.3) is 0 Å². The molecule has 0 radical (unpaired) electrons. The van der Waals surface area contributed by atoms with Crippen LogP contribution in [0.2, 0.25) is 0 Å². The minimum atomic E-state index is -0.371. The molecular weight excluding hydrogens is 243 g/mol. The van der Waals surface area contributed by atoms with Crippen molar-refractivity contribution < 1.29 is 9.18 Å². The molecule has 17 heavy (non-hydrogen) atoms. The molecule has 1 aromatic rings. The summed E-state index contributed by atoms with van der Waals surface area (Å²) < 4.78 is 13.0. The van der Waals surface area contributed by atoms with Crippen LogP contribution in [0.4, 0.5) is 4.39 Å². The van der Waals surface area contributed by atoms with E-state index in [2.05, 4.69) is 5.32 Å². The Bertz CT molecular complexity index is 394. The van der Waals surface area contributed by atoms with Crippen LogP contribution in [-0.2, 0) is 0 Å². The van der Waals surface area contributed by atoms with E-state index in [1.807, 2.05) is 0 Å². The molecule has 1 aromatic carbocycles. The fourth-order valence-corrected chi connectivity index (χ4v) is 1.96. The highest BCUT2D eigenvalue weighted by atomic mass is 35.5. The lowest BCUT2D eigenvalue weighted by Crippen LogP contribution is -2.38. The first-order valence-electron chi connectivity index (χ1n) is 5.42. The largest absolute Gasteiger partial charge is 0.337 e. The molecule has 94 valence electrons. The third kappa shape index (κ3) is 3.17. The van der Waals surface area contributed by atoms with Gasteiger partial charge < -0.3 is 10.2 Å². The van der Waals surface area contributed by atoms with Crippen molar-refractivity contribution in [3.05, 3.63) is 35.6 Å². The number of halogens is 2. The average molecular weight is 259 g/mol. The maximum Gasteiger partial charge on any atom is 0.253 e. The van der Waals surface area contributed by atoms with E-state index in [1.54, 1.807) is 24.1 Å². The molecule has 0 saturated carbocycles. The van der Waals surface area contributed by atoms with Gasteiger partial charge in [-0.05, 0) is 31.2 Å². The maximum atomic E-state index is 13.0. The van der Waals surface area contributed by atoms with Gasteiger partial charge in [0.15, 0.2) is 0 Å². The third-order valence-corrected chi connectivity index (χ3v) is 2.97. The molecule has 0 bridgehead atoms. The summed E-state index contributed by atoms with van der Waals surface area (Å²) in [7, 11) is 1.77. The molecule has 3 nitrogen and oxygen atoms in total. The van der Waals surface area contributed by atoms with Crippen molar-refractivity contribution in [3.63, 3.8) is 0 Å². The molecule has 0 spiro atoms. The first-order valence-corrected chi connectivity index (χ1v) is 5.42. The molecule has 1 amide bonds. The number of hydrogen-bond donors (Lipinski definition) is 1. The van der Waals surface area contributed by atoms with E-state index in [0.29, 0.717) is 5.56 Å². The molecule has 1 aliphatic rings. The second-order valence-electron chi connectivity index (χ2n) is 4.07. The second-order valence-corrected chi connectivity index (χ2v) is 4.07. The summed E-state index contributed by atoms with van der Waals surface area (Å²) in [4.78, 5) is 13.7. The van der Waals surface area contributed by atoms with Gasteiger partial charge in [-0.1, -0.05) is 6.07 Å². The van der Waals surface area contributed by atoms with Crippen molar-refractivity contribution in [3.8, 4) is 0 Å². The van der Waals surface area contributed by atoms with Crippen LogP contribution < -0.4 is 5.32 Å². The van der Waals surface area contributed by atoms with Gasteiger partial charge >= 0.3 is 0 Å². The highest BCUT2D eigenvalue weighted by Gasteiger charge is 2.23. The number of nitrogens with zero attached hydrogens (tertiary/aromatic N) is 1. The molecule has 5 heteroatoms. The van der Waals surface area contributed by atoms with Gasteiger partial charge in [0, 0.05) is 25.2 Å². The van der Waals surface area contributed by atoms with Gasteiger partial charge in [0.1, 0.15) is 5.82 Å². The van der Waals surface area contributed by atoms with Crippen LogP contribution in [0.5, 0.6) is 0 Å². The molecule has 1 saturated heterocycles. The number of rotatable bonds is 2. The Morgan fingerprint density at radius 1 is 1.53 bits per heavy atom. The molecule has 1 N–H and O–H groups in total. The molecule has 2 rings (SSSR count). The lowest BCUT2D eigenvalue weighted by molar-refractivity contribution is 0.0743. The van der Waals surface area contributed by atoms with E-state index in [9.17, 15) is 9.18 Å². The van der Waals surface area contributed by atoms with Crippen LogP contribution in [0, 0.1) is 5.82 Å². The van der Waals surface area contributed by atoms with E-state index >= 15 is 0 Å². The highest BCUT2D eigenvalue weighted by molar-refractivity contribution is 5.94. The number of likely N-dealkylation sites (N-methyl/N-ethyl adjacent to an activating group) is 1. The zero-order valence-corrected chi connectivity index (χ0v) is 10.5. The van der Waals surface area contributed by atoms with Crippen LogP contribution in [0.15, 0.2) is 24.3 Å². The van der Waals surface area contributed by atoms with Crippen molar-refractivity contribution >= 4 is 18.3 Å². The normalized spacial score (nSPS) is 18.6. The summed E-state index contributed by atoms with van der Waals surface area (Å²) in [6, 6.07) is 6.04. The molecule has 1 aliphatic heterocycles. The molecule has 1 atom stereocenters. The van der Waals surface area contributed by atoms with Crippen molar-refractivity contribution in [1.82, 2.24) is 10.2 Å². The van der Waals surface area contributed by atoms with Crippen molar-refractivity contribution in [2.75, 3.05) is 20.1 Å². The van der Waals surface area contributed by atoms with Crippen molar-refractivity contribution in [2.45, 2.75) is 12.5 Å². The fourth-order valence-electron chi connectivity index (χ4n) is 1.96. The topological polar surface area (TPSA) is 32.3 Å². The van der Waals surface area contributed by atoms with Crippen molar-refractivity contribution in [1.29, 1.82) is 0 Å². The van der Waals surface area contributed by atoms with Gasteiger partial charge in [0.2, 0.25) is 0 Å². The maximum absolute atomic E-state index is 13.0. The Labute approximate surface area is 106 Å². The van der Waals surface area contributed by atoms with Crippen molar-refractivity contribution in [2.24, 2.45) is 0 Å². The van der Waals surface area contributed by atoms with Gasteiger partial charge in [-0.15, -0.1) is 12.4 Å². The summed E-state index contributed by atoms with van der Waals surface area (Å²) in [5.74, 6) is -0.489. The Kier molecular flexibility index (Phi) is 4.90. The standard InChI is InChI=1S/C12H15FN2O.ClH/c1-15(11-5-6-14-8-11)12(16)9-3-2-4-10(13)7-9;/h2-4,7,11,14H,5-6,8H2,1H3;1H/t11-;/m1./s1. The first-order chi connectivity index (χ1) is 7.68. The van der Waals surface area contributed by atoms with Gasteiger partial charge in [-0.3, -0.25) is 4.79 Å². The average Bonchev–Trinajstić information content (AvgIpc) is 2.80. The predicted molar refractivity (Wildman–Crippen MR) is 67.0 cm³/mol. The smallest absolute Gasteiger partial charge is 0.253 e. The molecule has 0 unspecified atom stereocenters. The van der Waals surface area contributed by atoms with Crippen LogP contribution in [0.1, 0.15) is 16.8 Å². The van der Waals surface area contributed by atoms with Gasteiger partial charge in [0.25, 0.3) is 5.91 Å². The zero-order valence-electron chi connectivity index (χ0n) is 9.65. The minimum Gasteiger partial charge on any atom is -0.337 e. The van der Waals surface area contributed by atoms with E-state index in [4.69, 9.17) is 0 Å². The first kappa shape index (κ1) is 13.9. The Morgan fingerprint density at radius 2 is 2.29 bits per heavy atom. The quantitative estimate of drug-likeness (QED) is 0.876. The molecular formula is C12H16ClFN2O. The monoisotopic (exact) mass is 258 g/mol. The third-order valence-electron chi connectivity index (χ3n) is 2.97. The van der Waals surface area contributed by atoms with E-state index in [0.717, 1.165) is 19.5 Å². The summed E-state index contributed by atoms with van der Waals surface area (Å²) in [5, 5.41) is 3.20. The molecule has 0 aromatic heterocycles. The van der Waals surface area contributed by atoms with Gasteiger partial charge in [-0.2, -0.15) is 0 Å². The SMILES string of the molecule is CN(C(=O)c1cccc(F)c1)[C@@H]1CCNC1.Cl. The van der Waals surface area contributed by atoms with Crippen LogP contribution in [0.3, 0.4) is 0 Å². The Morgan fingerprint density at radius 3 is 2.88 bits per heavy atom. The van der Waals surface area contributed by atoms with Gasteiger partial charge in [-0.25, -0.2) is 4.39 Å². The molecule has 0 aliphatic carbocycles. The Hall–Kier alpha value is -1.13. The highest BCUT2D eigenvalue weighted by Crippen LogP contribution is 2.12. The number of carbonyl (C=O) groups excluding carboxylic acids is 1. The summed E-state index contributed by atoms with van der Waals surface area (Å²) in [6.07, 6.45) is 0.956. The fraction of sp³-hybridized carbons (Fsp3) is 0.417. The lowest BCUT2D eigenvalue weighted by Gasteiger charge is -2.23. The number of carbonyl (C=O) groups is 1. The zero-order chi connectivity index (χ0) is 11.5. The van der Waals surface area contributed by atoms with E-state index in [1.165, 1.54) is 12.1 Å². The summed E-state index contributed by atoms with van der Waals surface area (Å²) >= 11 is 0. The Balaban J connectivity index is 0.00000144. The van der Waals surface area contributed by atoms with Crippen LogP contribution >= 0.6 is 12.4 Å². The molecule has 1 fully saturated rings. The summed E-state index contributed by atoms with van der Waals surface area (Å²) in [6.45, 7) is 1.75. The predicted octanol–water partition coefficient (Wildman–Crippen LogP) is 1.68. The lowest BCUT2D eigenvalue weighted by atomic mass is 10.1. The summed E-state index contributed by atoms with van der Waals surface area (Å²) in [5.41, 5.74) is 0.411. The second kappa shape index (κ2) is 5.98. The minimum absolute atomic E-state index is 0. The molecule has 1 heterocycles. The van der Waals surface area contributed by atoms with E-state index < -0.39 is 0 Å². The number of benzene rings is 1. The number of hydrogen-bond acceptors (Lipinski definition) is 2. The number of amides is 1. The van der Waals surface area contributed by atoms with E-state index in [-0.39, 0.29) is 30.2 Å². The number of nitrogens with one attached hydrogen (secondary N) is 1. The van der Waals surface area contributed by atoms with Crippen LogP contribution in [-0.4, -0.2) is 37.0 Å². The van der Waals surface area contributed by atoms with Gasteiger partial charge in [0.05, 0.1) is 0 Å².